The molecule has 2 heterocycles. The lowest BCUT2D eigenvalue weighted by molar-refractivity contribution is 0.349. The van der Waals surface area contributed by atoms with Crippen LogP contribution in [0.5, 0.6) is 5.75 Å². The number of rotatable bonds is 5. The largest absolute Gasteiger partial charge is 0.493 e. The van der Waals surface area contributed by atoms with Gasteiger partial charge in [-0.25, -0.2) is 0 Å². The molecule has 0 radical (unpaired) electrons. The Labute approximate surface area is 126 Å². The predicted octanol–water partition coefficient (Wildman–Crippen LogP) is 2.75. The van der Waals surface area contributed by atoms with Gasteiger partial charge in [0.15, 0.2) is 0 Å². The molecule has 0 amide bonds. The quantitative estimate of drug-likeness (QED) is 0.918. The van der Waals surface area contributed by atoms with E-state index in [2.05, 4.69) is 41.6 Å². The second-order valence-corrected chi connectivity index (χ2v) is 5.66. The fraction of sp³-hybridized carbons (Fsp3) is 0.471. The molecule has 21 heavy (non-hydrogen) atoms. The maximum Gasteiger partial charge on any atom is 0.127 e. The van der Waals surface area contributed by atoms with Gasteiger partial charge in [0.05, 0.1) is 24.0 Å². The Hall–Kier alpha value is -1.81. The third-order valence-corrected chi connectivity index (χ3v) is 3.99. The van der Waals surface area contributed by atoms with E-state index in [0.717, 1.165) is 37.4 Å². The van der Waals surface area contributed by atoms with Gasteiger partial charge >= 0.3 is 0 Å². The molecule has 1 aliphatic rings. The lowest BCUT2D eigenvalue weighted by atomic mass is 9.99. The summed E-state index contributed by atoms with van der Waals surface area (Å²) < 4.78 is 7.86. The van der Waals surface area contributed by atoms with E-state index in [4.69, 9.17) is 4.74 Å². The maximum absolute atomic E-state index is 5.89. The maximum atomic E-state index is 5.89. The lowest BCUT2D eigenvalue weighted by Crippen LogP contribution is -2.25. The van der Waals surface area contributed by atoms with E-state index in [-0.39, 0.29) is 6.04 Å². The molecule has 1 aromatic carbocycles. The van der Waals surface area contributed by atoms with E-state index >= 15 is 0 Å². The number of aryl methyl sites for hydroxylation is 2. The molecule has 0 saturated heterocycles. The summed E-state index contributed by atoms with van der Waals surface area (Å²) in [7, 11) is 2.01. The molecule has 0 bridgehead atoms. The average molecular weight is 285 g/mol. The van der Waals surface area contributed by atoms with Crippen molar-refractivity contribution < 1.29 is 4.74 Å². The molecule has 3 rings (SSSR count). The van der Waals surface area contributed by atoms with E-state index in [1.165, 1.54) is 16.8 Å². The Kier molecular flexibility index (Phi) is 3.97. The first kappa shape index (κ1) is 14.1. The molecule has 1 atom stereocenters. The van der Waals surface area contributed by atoms with Gasteiger partial charge in [-0.15, -0.1) is 0 Å². The first-order chi connectivity index (χ1) is 10.2. The highest BCUT2D eigenvalue weighted by Crippen LogP contribution is 2.36. The molecule has 2 aromatic rings. The monoisotopic (exact) mass is 285 g/mol. The number of nitrogens with one attached hydrogen (secondary N) is 1. The minimum Gasteiger partial charge on any atom is -0.493 e. The van der Waals surface area contributed by atoms with Gasteiger partial charge in [-0.1, -0.05) is 25.1 Å². The molecule has 4 heteroatoms. The number of benzene rings is 1. The first-order valence-electron chi connectivity index (χ1n) is 7.69. The van der Waals surface area contributed by atoms with Crippen molar-refractivity contribution in [3.05, 3.63) is 46.8 Å². The Morgan fingerprint density at radius 3 is 3.00 bits per heavy atom. The van der Waals surface area contributed by atoms with E-state index < -0.39 is 0 Å². The molecular weight excluding hydrogens is 262 g/mol. The molecule has 0 saturated carbocycles. The minimum atomic E-state index is 0.129. The van der Waals surface area contributed by atoms with Gasteiger partial charge in [-0.3, -0.25) is 4.68 Å². The van der Waals surface area contributed by atoms with Crippen LogP contribution < -0.4 is 10.1 Å². The molecule has 1 aromatic heterocycles. The molecule has 1 N–H and O–H groups in total. The van der Waals surface area contributed by atoms with Gasteiger partial charge < -0.3 is 10.1 Å². The zero-order valence-corrected chi connectivity index (χ0v) is 13.0. The van der Waals surface area contributed by atoms with Gasteiger partial charge in [0.1, 0.15) is 5.75 Å². The fourth-order valence-electron chi connectivity index (χ4n) is 3.03. The van der Waals surface area contributed by atoms with Crippen LogP contribution in [0.4, 0.5) is 0 Å². The molecular formula is C17H23N3O. The summed E-state index contributed by atoms with van der Waals surface area (Å²) in [6.07, 6.45) is 2.11. The van der Waals surface area contributed by atoms with Crippen LogP contribution in [-0.4, -0.2) is 22.9 Å². The molecule has 0 spiro atoms. The van der Waals surface area contributed by atoms with Crippen molar-refractivity contribution in [3.8, 4) is 5.75 Å². The van der Waals surface area contributed by atoms with Crippen LogP contribution in [0.15, 0.2) is 24.3 Å². The molecule has 1 aliphatic heterocycles. The van der Waals surface area contributed by atoms with Crippen molar-refractivity contribution in [1.29, 1.82) is 0 Å². The Morgan fingerprint density at radius 1 is 1.43 bits per heavy atom. The SMILES string of the molecule is CCCNC(c1cccc2c1OCC2)c1cc(C)nn1C. The van der Waals surface area contributed by atoms with Gasteiger partial charge in [0.25, 0.3) is 0 Å². The summed E-state index contributed by atoms with van der Waals surface area (Å²) >= 11 is 0. The Morgan fingerprint density at radius 2 is 2.29 bits per heavy atom. The molecule has 0 fully saturated rings. The lowest BCUT2D eigenvalue weighted by Gasteiger charge is -2.21. The van der Waals surface area contributed by atoms with Crippen molar-refractivity contribution in [2.75, 3.05) is 13.2 Å². The van der Waals surface area contributed by atoms with Crippen LogP contribution in [0, 0.1) is 6.92 Å². The van der Waals surface area contributed by atoms with Gasteiger partial charge in [0, 0.05) is 19.0 Å². The van der Waals surface area contributed by atoms with E-state index in [1.54, 1.807) is 0 Å². The van der Waals surface area contributed by atoms with Gasteiger partial charge in [-0.05, 0) is 31.5 Å². The summed E-state index contributed by atoms with van der Waals surface area (Å²) in [5.74, 6) is 1.06. The normalized spacial score (nSPS) is 14.8. The number of hydrogen-bond acceptors (Lipinski definition) is 3. The van der Waals surface area contributed by atoms with Crippen LogP contribution in [0.1, 0.15) is 41.9 Å². The highest BCUT2D eigenvalue weighted by atomic mass is 16.5. The second kappa shape index (κ2) is 5.90. The number of fused-ring (bicyclic) bond motifs is 1. The van der Waals surface area contributed by atoms with Crippen molar-refractivity contribution in [2.45, 2.75) is 32.7 Å². The fourth-order valence-corrected chi connectivity index (χ4v) is 3.03. The zero-order chi connectivity index (χ0) is 14.8. The highest BCUT2D eigenvalue weighted by molar-refractivity contribution is 5.48. The zero-order valence-electron chi connectivity index (χ0n) is 13.0. The highest BCUT2D eigenvalue weighted by Gasteiger charge is 2.25. The Bertz CT molecular complexity index is 633. The third-order valence-electron chi connectivity index (χ3n) is 3.99. The van der Waals surface area contributed by atoms with Crippen molar-refractivity contribution >= 4 is 0 Å². The van der Waals surface area contributed by atoms with E-state index in [0.29, 0.717) is 0 Å². The van der Waals surface area contributed by atoms with Gasteiger partial charge in [0.2, 0.25) is 0 Å². The molecule has 0 aliphatic carbocycles. The smallest absolute Gasteiger partial charge is 0.127 e. The van der Waals surface area contributed by atoms with Gasteiger partial charge in [-0.2, -0.15) is 5.10 Å². The number of hydrogen-bond donors (Lipinski definition) is 1. The topological polar surface area (TPSA) is 39.1 Å². The molecule has 112 valence electrons. The summed E-state index contributed by atoms with van der Waals surface area (Å²) in [6, 6.07) is 8.75. The summed E-state index contributed by atoms with van der Waals surface area (Å²) in [5.41, 5.74) is 4.77. The van der Waals surface area contributed by atoms with Crippen LogP contribution >= 0.6 is 0 Å². The van der Waals surface area contributed by atoms with E-state index in [1.807, 2.05) is 18.7 Å². The number of nitrogens with zero attached hydrogens (tertiary/aromatic N) is 2. The molecule has 4 nitrogen and oxygen atoms in total. The predicted molar refractivity (Wildman–Crippen MR) is 83.7 cm³/mol. The minimum absolute atomic E-state index is 0.129. The Balaban J connectivity index is 2.04. The van der Waals surface area contributed by atoms with Crippen molar-refractivity contribution in [3.63, 3.8) is 0 Å². The third kappa shape index (κ3) is 2.68. The molecule has 1 unspecified atom stereocenters. The van der Waals surface area contributed by atoms with Crippen molar-refractivity contribution in [2.24, 2.45) is 7.05 Å². The first-order valence-corrected chi connectivity index (χ1v) is 7.69. The van der Waals surface area contributed by atoms with Crippen LogP contribution in [0.3, 0.4) is 0 Å². The summed E-state index contributed by atoms with van der Waals surface area (Å²) in [6.45, 7) is 5.98. The van der Waals surface area contributed by atoms with E-state index in [9.17, 15) is 0 Å². The van der Waals surface area contributed by atoms with Crippen LogP contribution in [0.2, 0.25) is 0 Å². The van der Waals surface area contributed by atoms with Crippen molar-refractivity contribution in [1.82, 2.24) is 15.1 Å². The number of para-hydroxylation sites is 1. The second-order valence-electron chi connectivity index (χ2n) is 5.66. The van der Waals surface area contributed by atoms with Crippen LogP contribution in [-0.2, 0) is 13.5 Å². The van der Waals surface area contributed by atoms with Crippen LogP contribution in [0.25, 0.3) is 0 Å². The summed E-state index contributed by atoms with van der Waals surface area (Å²) in [5, 5.41) is 8.14. The number of aromatic nitrogens is 2. The standard InChI is InChI=1S/C17H23N3O/c1-4-9-18-16(15-11-12(2)19-20(15)3)14-7-5-6-13-8-10-21-17(13)14/h5-7,11,16,18H,4,8-10H2,1-3H3. The number of ether oxygens (including phenoxy) is 1. The average Bonchev–Trinajstić information content (AvgIpc) is 3.06. The summed E-state index contributed by atoms with van der Waals surface area (Å²) in [4.78, 5) is 0.